The molecule has 1 heterocycles. The van der Waals surface area contributed by atoms with E-state index in [1.54, 1.807) is 6.08 Å². The number of carbonyl (C=O) groups excluding carboxylic acids is 1. The van der Waals surface area contributed by atoms with Crippen LogP contribution in [0.5, 0.6) is 0 Å². The summed E-state index contributed by atoms with van der Waals surface area (Å²) in [5.74, 6) is -0.184. The van der Waals surface area contributed by atoms with Crippen LogP contribution in [0.15, 0.2) is 72.9 Å². The van der Waals surface area contributed by atoms with Crippen LogP contribution >= 0.6 is 0 Å². The molecule has 0 bridgehead atoms. The summed E-state index contributed by atoms with van der Waals surface area (Å²) in [7, 11) is 0. The van der Waals surface area contributed by atoms with E-state index in [4.69, 9.17) is 9.47 Å². The van der Waals surface area contributed by atoms with Crippen molar-refractivity contribution in [1.82, 2.24) is 5.32 Å². The molecule has 78 heavy (non-hydrogen) atoms. The molecule has 0 aromatic rings. The standard InChI is InChI=1S/C69H125NO8/c1-3-5-7-9-11-13-15-17-19-21-23-25-27-29-30-31-32-33-34-35-37-39-41-43-45-47-49-51-53-55-57-59-65(73)70-62(61-77-69-68(76)67(75)66(74)64(60-71)78-69)63(72)58-56-54-52-50-48-46-44-42-40-38-36-28-26-24-22-20-18-16-14-12-10-8-6-4-2/h5,7,11,13,17,19,23,25,48,50,56,58,62-64,66-69,71-72,74-76H,3-4,6,8-10,12,14-16,18,20-22,24,26-47,49,51-55,57,59-61H2,1-2H3,(H,70,73)/b7-5-,13-11-,19-17-,25-23-,50-48+,58-56+. The summed E-state index contributed by atoms with van der Waals surface area (Å²) in [4.78, 5) is 13.1. The molecule has 7 atom stereocenters. The first kappa shape index (κ1) is 73.6. The van der Waals surface area contributed by atoms with Gasteiger partial charge in [-0.15, -0.1) is 0 Å². The maximum absolute atomic E-state index is 13.1. The Morgan fingerprint density at radius 3 is 1.23 bits per heavy atom. The summed E-state index contributed by atoms with van der Waals surface area (Å²) in [5, 5.41) is 54.7. The molecule has 6 N–H and O–H groups in total. The highest BCUT2D eigenvalue weighted by Crippen LogP contribution is 2.23. The summed E-state index contributed by atoms with van der Waals surface area (Å²) in [5.41, 5.74) is 0. The second-order valence-corrected chi connectivity index (χ2v) is 22.9. The highest BCUT2D eigenvalue weighted by atomic mass is 16.7. The quantitative estimate of drug-likeness (QED) is 0.0261. The van der Waals surface area contributed by atoms with Crippen LogP contribution in [0.3, 0.4) is 0 Å². The molecular weight excluding hydrogens is 971 g/mol. The van der Waals surface area contributed by atoms with Gasteiger partial charge < -0.3 is 40.3 Å². The van der Waals surface area contributed by atoms with Crippen molar-refractivity contribution in [2.75, 3.05) is 13.2 Å². The van der Waals surface area contributed by atoms with E-state index in [-0.39, 0.29) is 12.5 Å². The van der Waals surface area contributed by atoms with Crippen molar-refractivity contribution in [2.24, 2.45) is 0 Å². The van der Waals surface area contributed by atoms with Gasteiger partial charge in [0.05, 0.1) is 25.4 Å². The van der Waals surface area contributed by atoms with Crippen LogP contribution in [0.4, 0.5) is 0 Å². The number of unbranched alkanes of at least 4 members (excludes halogenated alkanes) is 37. The molecule has 0 radical (unpaired) electrons. The summed E-state index contributed by atoms with van der Waals surface area (Å²) in [6, 6.07) is -0.825. The van der Waals surface area contributed by atoms with Crippen LogP contribution in [0.25, 0.3) is 0 Å². The average molecular weight is 1100 g/mol. The van der Waals surface area contributed by atoms with Gasteiger partial charge in [-0.05, 0) is 70.6 Å². The summed E-state index contributed by atoms with van der Waals surface area (Å²) >= 11 is 0. The molecule has 0 spiro atoms. The fourth-order valence-electron chi connectivity index (χ4n) is 10.3. The number of amides is 1. The normalized spacial score (nSPS) is 19.1. The molecule has 1 amide bonds. The molecule has 0 aromatic carbocycles. The van der Waals surface area contributed by atoms with Crippen LogP contribution in [0.1, 0.15) is 303 Å². The lowest BCUT2D eigenvalue weighted by atomic mass is 9.99. The summed E-state index contributed by atoms with van der Waals surface area (Å²) in [6.45, 7) is 3.69. The van der Waals surface area contributed by atoms with Crippen LogP contribution in [0.2, 0.25) is 0 Å². The molecule has 0 aromatic heterocycles. The zero-order valence-corrected chi connectivity index (χ0v) is 50.7. The SMILES string of the molecule is CC/C=C\C/C=C\C/C=C\C/C=C\CCCCCCCCCCCCCCCCCCCCC(=O)NC(COC1OC(CO)C(O)C(O)C1O)C(O)/C=C/CC/C=C/CCCCCCCCCCCCCCCCCCCC. The molecule has 0 saturated carbocycles. The Kier molecular flexibility index (Phi) is 54.6. The van der Waals surface area contributed by atoms with Gasteiger partial charge >= 0.3 is 0 Å². The number of nitrogens with one attached hydrogen (secondary N) is 1. The van der Waals surface area contributed by atoms with E-state index in [1.165, 1.54) is 218 Å². The lowest BCUT2D eigenvalue weighted by Gasteiger charge is -2.40. The van der Waals surface area contributed by atoms with Gasteiger partial charge in [0.1, 0.15) is 24.4 Å². The van der Waals surface area contributed by atoms with Crippen LogP contribution in [-0.4, -0.2) is 87.5 Å². The maximum Gasteiger partial charge on any atom is 0.220 e. The average Bonchev–Trinajstić information content (AvgIpc) is 3.45. The van der Waals surface area contributed by atoms with Gasteiger partial charge in [-0.3, -0.25) is 4.79 Å². The fourth-order valence-corrected chi connectivity index (χ4v) is 10.3. The number of aliphatic hydroxyl groups excluding tert-OH is 5. The van der Waals surface area contributed by atoms with Gasteiger partial charge in [-0.2, -0.15) is 0 Å². The molecule has 1 saturated heterocycles. The van der Waals surface area contributed by atoms with E-state index < -0.39 is 49.5 Å². The Balaban J connectivity index is 2.16. The molecular formula is C69H125NO8. The van der Waals surface area contributed by atoms with E-state index >= 15 is 0 Å². The van der Waals surface area contributed by atoms with Gasteiger partial charge in [0.25, 0.3) is 0 Å². The minimum atomic E-state index is -1.57. The summed E-state index contributed by atoms with van der Waals surface area (Å²) in [6.07, 6.45) is 74.2. The molecule has 1 rings (SSSR count). The van der Waals surface area contributed by atoms with Crippen molar-refractivity contribution in [2.45, 2.75) is 346 Å². The molecule has 1 fully saturated rings. The van der Waals surface area contributed by atoms with Crippen molar-refractivity contribution < 1.29 is 39.8 Å². The van der Waals surface area contributed by atoms with Crippen LogP contribution in [-0.2, 0) is 14.3 Å². The van der Waals surface area contributed by atoms with Gasteiger partial charge in [-0.25, -0.2) is 0 Å². The number of rotatable bonds is 57. The van der Waals surface area contributed by atoms with E-state index in [2.05, 4.69) is 79.9 Å². The van der Waals surface area contributed by atoms with Crippen LogP contribution in [0, 0.1) is 0 Å². The molecule has 7 unspecified atom stereocenters. The molecule has 0 aliphatic carbocycles. The second kappa shape index (κ2) is 57.8. The van der Waals surface area contributed by atoms with Gasteiger partial charge in [0.2, 0.25) is 5.91 Å². The largest absolute Gasteiger partial charge is 0.394 e. The van der Waals surface area contributed by atoms with Gasteiger partial charge in [0.15, 0.2) is 6.29 Å². The third-order valence-electron chi connectivity index (χ3n) is 15.5. The number of allylic oxidation sites excluding steroid dienone is 11. The molecule has 9 heteroatoms. The number of ether oxygens (including phenoxy) is 2. The highest BCUT2D eigenvalue weighted by Gasteiger charge is 2.44. The lowest BCUT2D eigenvalue weighted by molar-refractivity contribution is -0.302. The lowest BCUT2D eigenvalue weighted by Crippen LogP contribution is -2.60. The first-order valence-electron chi connectivity index (χ1n) is 33.2. The number of aliphatic hydroxyl groups is 5. The Morgan fingerprint density at radius 1 is 0.449 bits per heavy atom. The minimum Gasteiger partial charge on any atom is -0.394 e. The number of hydrogen-bond acceptors (Lipinski definition) is 8. The zero-order valence-electron chi connectivity index (χ0n) is 50.7. The van der Waals surface area contributed by atoms with Crippen molar-refractivity contribution in [1.29, 1.82) is 0 Å². The molecule has 9 nitrogen and oxygen atoms in total. The number of carbonyl (C=O) groups is 1. The summed E-state index contributed by atoms with van der Waals surface area (Å²) < 4.78 is 11.3. The van der Waals surface area contributed by atoms with Crippen molar-refractivity contribution >= 4 is 5.91 Å². The molecule has 1 aliphatic rings. The third-order valence-corrected chi connectivity index (χ3v) is 15.5. The third kappa shape index (κ3) is 46.3. The van der Waals surface area contributed by atoms with E-state index in [0.29, 0.717) is 6.42 Å². The topological polar surface area (TPSA) is 149 Å². The molecule has 454 valence electrons. The minimum absolute atomic E-state index is 0.184. The van der Waals surface area contributed by atoms with Crippen molar-refractivity contribution in [3.63, 3.8) is 0 Å². The van der Waals surface area contributed by atoms with E-state index in [0.717, 1.165) is 64.2 Å². The predicted molar refractivity (Wildman–Crippen MR) is 332 cm³/mol. The predicted octanol–water partition coefficient (Wildman–Crippen LogP) is 17.6. The van der Waals surface area contributed by atoms with E-state index in [9.17, 15) is 30.3 Å². The van der Waals surface area contributed by atoms with Gasteiger partial charge in [-0.1, -0.05) is 299 Å². The monoisotopic (exact) mass is 1100 g/mol. The first-order chi connectivity index (χ1) is 38.3. The number of hydrogen-bond donors (Lipinski definition) is 6. The Hall–Kier alpha value is -2.37. The van der Waals surface area contributed by atoms with Crippen LogP contribution < -0.4 is 5.32 Å². The fraction of sp³-hybridized carbons (Fsp3) is 0.812. The van der Waals surface area contributed by atoms with Gasteiger partial charge in [0, 0.05) is 6.42 Å². The highest BCUT2D eigenvalue weighted by molar-refractivity contribution is 5.76. The Bertz CT molecular complexity index is 1460. The maximum atomic E-state index is 13.1. The Labute approximate surface area is 480 Å². The Morgan fingerprint density at radius 2 is 0.808 bits per heavy atom. The van der Waals surface area contributed by atoms with E-state index in [1.807, 2.05) is 6.08 Å². The first-order valence-corrected chi connectivity index (χ1v) is 33.2. The smallest absolute Gasteiger partial charge is 0.220 e. The zero-order chi connectivity index (χ0) is 56.5. The second-order valence-electron chi connectivity index (χ2n) is 22.9. The van der Waals surface area contributed by atoms with Crippen molar-refractivity contribution in [3.05, 3.63) is 72.9 Å². The molecule has 1 aliphatic heterocycles. The van der Waals surface area contributed by atoms with Crippen molar-refractivity contribution in [3.8, 4) is 0 Å².